The van der Waals surface area contributed by atoms with Crippen LogP contribution in [0.5, 0.6) is 0 Å². The van der Waals surface area contributed by atoms with E-state index in [0.29, 0.717) is 6.42 Å². The van der Waals surface area contributed by atoms with E-state index in [9.17, 15) is 9.59 Å². The lowest BCUT2D eigenvalue weighted by atomic mass is 10.0. The summed E-state index contributed by atoms with van der Waals surface area (Å²) in [5.41, 5.74) is 2.03. The van der Waals surface area contributed by atoms with E-state index in [1.54, 1.807) is 0 Å². The van der Waals surface area contributed by atoms with Gasteiger partial charge in [0.1, 0.15) is 0 Å². The molecule has 1 aromatic carbocycles. The Bertz CT molecular complexity index is 471. The average Bonchev–Trinajstić information content (AvgIpc) is 2.38. The van der Waals surface area contributed by atoms with Gasteiger partial charge in [0, 0.05) is 19.6 Å². The second kappa shape index (κ2) is 8.42. The van der Waals surface area contributed by atoms with Crippen LogP contribution >= 0.6 is 0 Å². The van der Waals surface area contributed by atoms with E-state index in [4.69, 9.17) is 5.11 Å². The smallest absolute Gasteiger partial charge is 0.222 e. The molecule has 0 aliphatic carbocycles. The van der Waals surface area contributed by atoms with E-state index < -0.39 is 0 Å². The molecule has 0 aliphatic rings. The summed E-state index contributed by atoms with van der Waals surface area (Å²) in [4.78, 5) is 23.3. The van der Waals surface area contributed by atoms with Gasteiger partial charge in [0.05, 0.1) is 12.5 Å². The highest BCUT2D eigenvalue weighted by atomic mass is 16.3. The Morgan fingerprint density at radius 3 is 2.33 bits per heavy atom. The molecule has 116 valence electrons. The lowest BCUT2D eigenvalue weighted by Crippen LogP contribution is -2.37. The largest absolute Gasteiger partial charge is 0.396 e. The number of aliphatic hydroxyl groups excluding tert-OH is 1. The number of hydrogen-bond donors (Lipinski definition) is 3. The quantitative estimate of drug-likeness (QED) is 0.711. The number of carbonyl (C=O) groups excluding carboxylic acids is 2. The highest BCUT2D eigenvalue weighted by Crippen LogP contribution is 2.17. The fourth-order valence-electron chi connectivity index (χ4n) is 2.08. The normalized spacial score (nSPS) is 13.3. The molecule has 3 N–H and O–H groups in total. The monoisotopic (exact) mass is 292 g/mol. The first-order valence-corrected chi connectivity index (χ1v) is 7.16. The Balaban J connectivity index is 2.72. The molecule has 0 aromatic heterocycles. The highest BCUT2D eigenvalue weighted by Gasteiger charge is 2.18. The van der Waals surface area contributed by atoms with Crippen molar-refractivity contribution < 1.29 is 14.7 Å². The topological polar surface area (TPSA) is 78.4 Å². The number of benzene rings is 1. The van der Waals surface area contributed by atoms with Crippen LogP contribution < -0.4 is 10.6 Å². The standard InChI is InChI=1S/C16H24N2O3/c1-11-4-6-14(7-5-11)15(18-13(3)20)10-16(21)17-12(2)8-9-19/h4-7,12,15,19H,8-10H2,1-3H3,(H,17,21)(H,18,20). The summed E-state index contributed by atoms with van der Waals surface area (Å²) in [6.45, 7) is 5.30. The third-order valence-corrected chi connectivity index (χ3v) is 3.22. The molecular formula is C16H24N2O3. The number of aliphatic hydroxyl groups is 1. The molecule has 1 rings (SSSR count). The second-order valence-corrected chi connectivity index (χ2v) is 5.35. The van der Waals surface area contributed by atoms with Gasteiger partial charge in [-0.3, -0.25) is 9.59 Å². The van der Waals surface area contributed by atoms with Crippen LogP contribution in [0.1, 0.15) is 43.9 Å². The van der Waals surface area contributed by atoms with Crippen LogP contribution in [0, 0.1) is 6.92 Å². The minimum Gasteiger partial charge on any atom is -0.396 e. The molecule has 0 fully saturated rings. The summed E-state index contributed by atoms with van der Waals surface area (Å²) in [6, 6.07) is 7.32. The number of rotatable bonds is 7. The van der Waals surface area contributed by atoms with Crippen LogP contribution in [-0.2, 0) is 9.59 Å². The molecule has 21 heavy (non-hydrogen) atoms. The molecule has 0 bridgehead atoms. The molecule has 0 saturated heterocycles. The lowest BCUT2D eigenvalue weighted by molar-refractivity contribution is -0.123. The molecule has 2 atom stereocenters. The molecule has 5 nitrogen and oxygen atoms in total. The van der Waals surface area contributed by atoms with Gasteiger partial charge in [0.15, 0.2) is 0 Å². The number of carbonyl (C=O) groups is 2. The zero-order chi connectivity index (χ0) is 15.8. The van der Waals surface area contributed by atoms with Crippen molar-refractivity contribution in [1.82, 2.24) is 10.6 Å². The highest BCUT2D eigenvalue weighted by molar-refractivity contribution is 5.79. The predicted octanol–water partition coefficient (Wildman–Crippen LogP) is 1.45. The minimum atomic E-state index is -0.343. The zero-order valence-corrected chi connectivity index (χ0v) is 12.8. The van der Waals surface area contributed by atoms with Crippen LogP contribution in [0.25, 0.3) is 0 Å². The maximum Gasteiger partial charge on any atom is 0.222 e. The van der Waals surface area contributed by atoms with Gasteiger partial charge in [0.25, 0.3) is 0 Å². The van der Waals surface area contributed by atoms with E-state index in [-0.39, 0.29) is 36.9 Å². The van der Waals surface area contributed by atoms with Crippen molar-refractivity contribution in [2.75, 3.05) is 6.61 Å². The Hall–Kier alpha value is -1.88. The molecule has 0 radical (unpaired) electrons. The number of nitrogens with one attached hydrogen (secondary N) is 2. The minimum absolute atomic E-state index is 0.0362. The summed E-state index contributed by atoms with van der Waals surface area (Å²) in [5, 5.41) is 14.5. The second-order valence-electron chi connectivity index (χ2n) is 5.35. The fraction of sp³-hybridized carbons (Fsp3) is 0.500. The third kappa shape index (κ3) is 6.40. The summed E-state index contributed by atoms with van der Waals surface area (Å²) in [7, 11) is 0. The van der Waals surface area contributed by atoms with Gasteiger partial charge in [-0.2, -0.15) is 0 Å². The first-order valence-electron chi connectivity index (χ1n) is 7.16. The molecule has 2 unspecified atom stereocenters. The molecule has 5 heteroatoms. The van der Waals surface area contributed by atoms with Crippen LogP contribution in [-0.4, -0.2) is 29.6 Å². The Kier molecular flexibility index (Phi) is 6.88. The van der Waals surface area contributed by atoms with Crippen molar-refractivity contribution in [3.05, 3.63) is 35.4 Å². The Labute approximate surface area is 125 Å². The van der Waals surface area contributed by atoms with Crippen LogP contribution in [0.2, 0.25) is 0 Å². The first kappa shape index (κ1) is 17.2. The number of aryl methyl sites for hydroxylation is 1. The van der Waals surface area contributed by atoms with Crippen molar-refractivity contribution in [3.8, 4) is 0 Å². The van der Waals surface area contributed by atoms with Gasteiger partial charge in [-0.1, -0.05) is 29.8 Å². The van der Waals surface area contributed by atoms with E-state index in [1.807, 2.05) is 38.1 Å². The number of hydrogen-bond acceptors (Lipinski definition) is 3. The average molecular weight is 292 g/mol. The van der Waals surface area contributed by atoms with Gasteiger partial charge in [-0.05, 0) is 25.8 Å². The van der Waals surface area contributed by atoms with Crippen molar-refractivity contribution >= 4 is 11.8 Å². The molecule has 0 saturated carbocycles. The maximum absolute atomic E-state index is 12.0. The van der Waals surface area contributed by atoms with Crippen LogP contribution in [0.3, 0.4) is 0 Å². The zero-order valence-electron chi connectivity index (χ0n) is 12.8. The van der Waals surface area contributed by atoms with Crippen molar-refractivity contribution in [2.24, 2.45) is 0 Å². The summed E-state index contributed by atoms with van der Waals surface area (Å²) in [6.07, 6.45) is 0.694. The van der Waals surface area contributed by atoms with Gasteiger partial charge in [-0.15, -0.1) is 0 Å². The van der Waals surface area contributed by atoms with Crippen LogP contribution in [0.4, 0.5) is 0 Å². The SMILES string of the molecule is CC(=O)NC(CC(=O)NC(C)CCO)c1ccc(C)cc1. The molecule has 0 aliphatic heterocycles. The predicted molar refractivity (Wildman–Crippen MR) is 81.7 cm³/mol. The lowest BCUT2D eigenvalue weighted by Gasteiger charge is -2.20. The molecular weight excluding hydrogens is 268 g/mol. The summed E-state index contributed by atoms with van der Waals surface area (Å²) < 4.78 is 0. The van der Waals surface area contributed by atoms with Crippen LogP contribution in [0.15, 0.2) is 24.3 Å². The third-order valence-electron chi connectivity index (χ3n) is 3.22. The number of amides is 2. The van der Waals surface area contributed by atoms with Crippen molar-refractivity contribution in [3.63, 3.8) is 0 Å². The molecule has 2 amide bonds. The maximum atomic E-state index is 12.0. The first-order chi connectivity index (χ1) is 9.92. The fourth-order valence-corrected chi connectivity index (χ4v) is 2.08. The Morgan fingerprint density at radius 2 is 1.81 bits per heavy atom. The van der Waals surface area contributed by atoms with Crippen molar-refractivity contribution in [2.45, 2.75) is 45.7 Å². The van der Waals surface area contributed by atoms with E-state index in [1.165, 1.54) is 6.92 Å². The van der Waals surface area contributed by atoms with E-state index >= 15 is 0 Å². The van der Waals surface area contributed by atoms with Crippen molar-refractivity contribution in [1.29, 1.82) is 0 Å². The summed E-state index contributed by atoms with van der Waals surface area (Å²) >= 11 is 0. The molecule has 1 aromatic rings. The van der Waals surface area contributed by atoms with Gasteiger partial charge in [-0.25, -0.2) is 0 Å². The van der Waals surface area contributed by atoms with E-state index in [2.05, 4.69) is 10.6 Å². The van der Waals surface area contributed by atoms with Gasteiger partial charge < -0.3 is 15.7 Å². The van der Waals surface area contributed by atoms with Gasteiger partial charge in [0.2, 0.25) is 11.8 Å². The van der Waals surface area contributed by atoms with E-state index in [0.717, 1.165) is 11.1 Å². The summed E-state index contributed by atoms with van der Waals surface area (Å²) in [5.74, 6) is -0.313. The molecule has 0 spiro atoms. The van der Waals surface area contributed by atoms with Gasteiger partial charge >= 0.3 is 0 Å². The Morgan fingerprint density at radius 1 is 1.19 bits per heavy atom. The molecule has 0 heterocycles.